The molecule has 2 aromatic rings. The van der Waals surface area contributed by atoms with Crippen molar-refractivity contribution < 1.29 is 4.79 Å². The van der Waals surface area contributed by atoms with Gasteiger partial charge in [0.25, 0.3) is 0 Å². The van der Waals surface area contributed by atoms with Crippen LogP contribution in [0, 0.1) is 0 Å². The molecule has 1 heterocycles. The van der Waals surface area contributed by atoms with Crippen molar-refractivity contribution in [1.82, 2.24) is 20.1 Å². The standard InChI is InChI=1S/C15H19N5O/c21-15(6-7-17-13-4-5-13)19-14-3-1-2-12(8-14)9-20-11-16-10-18-20/h1-3,8,10-11,13,17H,4-7,9H2,(H,19,21). The molecular formula is C15H19N5O. The van der Waals surface area contributed by atoms with Crippen LogP contribution in [0.3, 0.4) is 0 Å². The van der Waals surface area contributed by atoms with E-state index in [0.717, 1.165) is 17.8 Å². The fourth-order valence-corrected chi connectivity index (χ4v) is 2.15. The van der Waals surface area contributed by atoms with Crippen molar-refractivity contribution in [2.75, 3.05) is 11.9 Å². The van der Waals surface area contributed by atoms with Crippen LogP contribution in [0.5, 0.6) is 0 Å². The summed E-state index contributed by atoms with van der Waals surface area (Å²) in [6.07, 6.45) is 6.18. The first-order valence-corrected chi connectivity index (χ1v) is 7.24. The van der Waals surface area contributed by atoms with E-state index in [1.165, 1.54) is 19.2 Å². The molecule has 0 unspecified atom stereocenters. The summed E-state index contributed by atoms with van der Waals surface area (Å²) in [5, 5.41) is 10.3. The summed E-state index contributed by atoms with van der Waals surface area (Å²) in [4.78, 5) is 15.8. The predicted octanol–water partition coefficient (Wildman–Crippen LogP) is 1.41. The highest BCUT2D eigenvalue weighted by molar-refractivity contribution is 5.90. The number of carbonyl (C=O) groups is 1. The third kappa shape index (κ3) is 4.39. The van der Waals surface area contributed by atoms with Crippen LogP contribution < -0.4 is 10.6 Å². The summed E-state index contributed by atoms with van der Waals surface area (Å²) in [6, 6.07) is 8.45. The number of rotatable bonds is 7. The molecule has 1 aromatic heterocycles. The van der Waals surface area contributed by atoms with E-state index in [9.17, 15) is 4.79 Å². The number of carbonyl (C=O) groups excluding carboxylic acids is 1. The van der Waals surface area contributed by atoms with E-state index in [1.807, 2.05) is 24.3 Å². The Kier molecular flexibility index (Phi) is 4.25. The molecule has 0 atom stereocenters. The molecule has 0 bridgehead atoms. The number of aromatic nitrogens is 3. The van der Waals surface area contributed by atoms with Crippen molar-refractivity contribution >= 4 is 11.6 Å². The van der Waals surface area contributed by atoms with Gasteiger partial charge in [-0.05, 0) is 30.5 Å². The van der Waals surface area contributed by atoms with E-state index in [0.29, 0.717) is 19.0 Å². The van der Waals surface area contributed by atoms with Gasteiger partial charge in [-0.15, -0.1) is 0 Å². The molecule has 110 valence electrons. The predicted molar refractivity (Wildman–Crippen MR) is 79.8 cm³/mol. The van der Waals surface area contributed by atoms with Crippen LogP contribution >= 0.6 is 0 Å². The van der Waals surface area contributed by atoms with Gasteiger partial charge in [-0.1, -0.05) is 12.1 Å². The van der Waals surface area contributed by atoms with Crippen molar-refractivity contribution in [3.8, 4) is 0 Å². The van der Waals surface area contributed by atoms with Crippen LogP contribution in [-0.2, 0) is 11.3 Å². The number of hydrogen-bond donors (Lipinski definition) is 2. The maximum atomic E-state index is 11.9. The van der Waals surface area contributed by atoms with E-state index < -0.39 is 0 Å². The van der Waals surface area contributed by atoms with Crippen LogP contribution in [0.15, 0.2) is 36.9 Å². The van der Waals surface area contributed by atoms with Crippen LogP contribution in [0.2, 0.25) is 0 Å². The van der Waals surface area contributed by atoms with E-state index >= 15 is 0 Å². The minimum atomic E-state index is 0.0426. The van der Waals surface area contributed by atoms with Gasteiger partial charge in [-0.3, -0.25) is 4.79 Å². The largest absolute Gasteiger partial charge is 0.326 e. The van der Waals surface area contributed by atoms with Gasteiger partial charge in [0, 0.05) is 24.7 Å². The molecule has 0 aliphatic heterocycles. The fraction of sp³-hybridized carbons (Fsp3) is 0.400. The Bertz CT molecular complexity index is 592. The maximum Gasteiger partial charge on any atom is 0.225 e. The summed E-state index contributed by atoms with van der Waals surface area (Å²) < 4.78 is 1.75. The molecule has 6 nitrogen and oxygen atoms in total. The molecule has 0 saturated heterocycles. The normalized spacial score (nSPS) is 14.1. The number of benzene rings is 1. The Hall–Kier alpha value is -2.21. The maximum absolute atomic E-state index is 11.9. The van der Waals surface area contributed by atoms with E-state index in [1.54, 1.807) is 11.0 Å². The Morgan fingerprint density at radius 2 is 2.29 bits per heavy atom. The molecule has 1 aliphatic rings. The van der Waals surface area contributed by atoms with Gasteiger partial charge in [0.1, 0.15) is 12.7 Å². The number of nitrogens with one attached hydrogen (secondary N) is 2. The molecule has 1 fully saturated rings. The number of nitrogens with zero attached hydrogens (tertiary/aromatic N) is 3. The topological polar surface area (TPSA) is 71.8 Å². The van der Waals surface area contributed by atoms with Crippen LogP contribution in [-0.4, -0.2) is 33.3 Å². The molecule has 6 heteroatoms. The zero-order valence-electron chi connectivity index (χ0n) is 11.8. The average Bonchev–Trinajstić information content (AvgIpc) is 3.14. The van der Waals surface area contributed by atoms with Gasteiger partial charge < -0.3 is 10.6 Å². The molecular weight excluding hydrogens is 266 g/mol. The minimum absolute atomic E-state index is 0.0426. The Labute approximate surface area is 123 Å². The third-order valence-corrected chi connectivity index (χ3v) is 3.38. The molecule has 1 aromatic carbocycles. The van der Waals surface area contributed by atoms with Crippen molar-refractivity contribution in [2.24, 2.45) is 0 Å². The summed E-state index contributed by atoms with van der Waals surface area (Å²) in [6.45, 7) is 1.39. The van der Waals surface area contributed by atoms with Crippen molar-refractivity contribution in [3.05, 3.63) is 42.5 Å². The third-order valence-electron chi connectivity index (χ3n) is 3.38. The first-order chi connectivity index (χ1) is 10.3. The first-order valence-electron chi connectivity index (χ1n) is 7.24. The van der Waals surface area contributed by atoms with E-state index in [2.05, 4.69) is 20.7 Å². The lowest BCUT2D eigenvalue weighted by molar-refractivity contribution is -0.116. The molecule has 2 N–H and O–H groups in total. The lowest BCUT2D eigenvalue weighted by atomic mass is 10.2. The van der Waals surface area contributed by atoms with E-state index in [-0.39, 0.29) is 5.91 Å². The van der Waals surface area contributed by atoms with Crippen LogP contribution in [0.1, 0.15) is 24.8 Å². The zero-order valence-corrected chi connectivity index (χ0v) is 11.8. The molecule has 3 rings (SSSR count). The lowest BCUT2D eigenvalue weighted by Crippen LogP contribution is -2.23. The second kappa shape index (κ2) is 6.49. The van der Waals surface area contributed by atoms with Gasteiger partial charge in [0.2, 0.25) is 5.91 Å². The van der Waals surface area contributed by atoms with Gasteiger partial charge in [-0.2, -0.15) is 5.10 Å². The lowest BCUT2D eigenvalue weighted by Gasteiger charge is -2.08. The van der Waals surface area contributed by atoms with Crippen molar-refractivity contribution in [1.29, 1.82) is 0 Å². The van der Waals surface area contributed by atoms with Crippen molar-refractivity contribution in [3.63, 3.8) is 0 Å². The number of anilines is 1. The molecule has 0 radical (unpaired) electrons. The van der Waals surface area contributed by atoms with Crippen LogP contribution in [0.25, 0.3) is 0 Å². The molecule has 21 heavy (non-hydrogen) atoms. The SMILES string of the molecule is O=C(CCNC1CC1)Nc1cccc(Cn2cncn2)c1. The molecule has 0 spiro atoms. The summed E-state index contributed by atoms with van der Waals surface area (Å²) in [7, 11) is 0. The van der Waals surface area contributed by atoms with Crippen LogP contribution in [0.4, 0.5) is 5.69 Å². The summed E-state index contributed by atoms with van der Waals surface area (Å²) in [5.74, 6) is 0.0426. The Balaban J connectivity index is 1.51. The van der Waals surface area contributed by atoms with Gasteiger partial charge in [0.15, 0.2) is 0 Å². The van der Waals surface area contributed by atoms with Crippen molar-refractivity contribution in [2.45, 2.75) is 31.8 Å². The second-order valence-corrected chi connectivity index (χ2v) is 5.32. The zero-order chi connectivity index (χ0) is 14.5. The second-order valence-electron chi connectivity index (χ2n) is 5.32. The number of hydrogen-bond acceptors (Lipinski definition) is 4. The summed E-state index contributed by atoms with van der Waals surface area (Å²) in [5.41, 5.74) is 1.90. The fourth-order valence-electron chi connectivity index (χ4n) is 2.15. The first kappa shape index (κ1) is 13.8. The monoisotopic (exact) mass is 285 g/mol. The highest BCUT2D eigenvalue weighted by Crippen LogP contribution is 2.18. The Morgan fingerprint density at radius 1 is 1.38 bits per heavy atom. The highest BCUT2D eigenvalue weighted by Gasteiger charge is 2.20. The summed E-state index contributed by atoms with van der Waals surface area (Å²) >= 11 is 0. The van der Waals surface area contributed by atoms with Gasteiger partial charge in [0.05, 0.1) is 6.54 Å². The molecule has 1 saturated carbocycles. The van der Waals surface area contributed by atoms with E-state index in [4.69, 9.17) is 0 Å². The minimum Gasteiger partial charge on any atom is -0.326 e. The molecule has 1 aliphatic carbocycles. The number of amides is 1. The quantitative estimate of drug-likeness (QED) is 0.807. The highest BCUT2D eigenvalue weighted by atomic mass is 16.1. The Morgan fingerprint density at radius 3 is 3.05 bits per heavy atom. The smallest absolute Gasteiger partial charge is 0.225 e. The average molecular weight is 285 g/mol. The van der Waals surface area contributed by atoms with Gasteiger partial charge >= 0.3 is 0 Å². The molecule has 1 amide bonds. The van der Waals surface area contributed by atoms with Gasteiger partial charge in [-0.25, -0.2) is 9.67 Å².